The third-order valence-electron chi connectivity index (χ3n) is 8.04. The van der Waals surface area contributed by atoms with Crippen LogP contribution in [0.25, 0.3) is 11.0 Å². The number of carbonyl (C=O) groups excluding carboxylic acids is 2. The molecule has 2 saturated carbocycles. The minimum Gasteiger partial charge on any atom is -0.394 e. The van der Waals surface area contributed by atoms with Crippen molar-refractivity contribution < 1.29 is 28.6 Å². The van der Waals surface area contributed by atoms with Crippen LogP contribution < -0.4 is 10.2 Å². The van der Waals surface area contributed by atoms with Gasteiger partial charge in [0.25, 0.3) is 11.8 Å². The van der Waals surface area contributed by atoms with E-state index in [0.29, 0.717) is 19.5 Å². The second-order valence-electron chi connectivity index (χ2n) is 10.3. The molecule has 3 aliphatic rings. The summed E-state index contributed by atoms with van der Waals surface area (Å²) >= 11 is 0. The molecule has 10 nitrogen and oxygen atoms in total. The Morgan fingerprint density at radius 1 is 1.34 bits per heavy atom. The van der Waals surface area contributed by atoms with Crippen molar-refractivity contribution in [3.63, 3.8) is 0 Å². The molecule has 0 bridgehead atoms. The number of likely N-dealkylation sites (N-methyl/N-ethyl adjacent to an activating group) is 1. The Kier molecular flexibility index (Phi) is 5.71. The Labute approximate surface area is 200 Å². The molecule has 3 fully saturated rings. The van der Waals surface area contributed by atoms with E-state index in [9.17, 15) is 28.6 Å². The van der Waals surface area contributed by atoms with Crippen LogP contribution in [0.3, 0.4) is 0 Å². The number of aromatic nitrogens is 3. The number of anilines is 1. The monoisotopic (exact) mass is 492 g/mol. The summed E-state index contributed by atoms with van der Waals surface area (Å²) in [6.45, 7) is 0.382. The third-order valence-corrected chi connectivity index (χ3v) is 8.04. The van der Waals surface area contributed by atoms with E-state index < -0.39 is 42.9 Å². The van der Waals surface area contributed by atoms with E-state index in [1.807, 2.05) is 12.3 Å². The van der Waals surface area contributed by atoms with E-state index in [0.717, 1.165) is 34.6 Å². The maximum atomic E-state index is 13.4. The lowest BCUT2D eigenvalue weighted by Crippen LogP contribution is -2.66. The normalized spacial score (nSPS) is 24.6. The first-order valence-corrected chi connectivity index (χ1v) is 11.8. The van der Waals surface area contributed by atoms with Gasteiger partial charge in [0, 0.05) is 45.1 Å². The predicted molar refractivity (Wildman–Crippen MR) is 122 cm³/mol. The number of nitrogens with zero attached hydrogens (tertiary/aromatic N) is 4. The lowest BCUT2D eigenvalue weighted by molar-refractivity contribution is -0.194. The number of piperidine rings is 1. The van der Waals surface area contributed by atoms with Gasteiger partial charge in [0.2, 0.25) is 5.91 Å². The number of rotatable bonds is 7. The van der Waals surface area contributed by atoms with Crippen molar-refractivity contribution >= 4 is 28.7 Å². The maximum absolute atomic E-state index is 13.4. The number of amides is 2. The Hall–Kier alpha value is -2.86. The van der Waals surface area contributed by atoms with Crippen molar-refractivity contribution in [3.05, 3.63) is 18.6 Å². The molecule has 2 aromatic rings. The van der Waals surface area contributed by atoms with Crippen molar-refractivity contribution in [1.29, 1.82) is 0 Å². The van der Waals surface area contributed by atoms with Crippen LogP contribution in [0.5, 0.6) is 0 Å². The molecule has 4 N–H and O–H groups in total. The van der Waals surface area contributed by atoms with E-state index in [2.05, 4.69) is 25.2 Å². The number of alkyl halides is 2. The van der Waals surface area contributed by atoms with Crippen LogP contribution in [0.15, 0.2) is 18.6 Å². The summed E-state index contributed by atoms with van der Waals surface area (Å²) in [4.78, 5) is 40.6. The van der Waals surface area contributed by atoms with Crippen molar-refractivity contribution in [2.24, 2.45) is 11.3 Å². The number of hydrogen-bond donors (Lipinski definition) is 4. The maximum Gasteiger partial charge on any atom is 0.253 e. The summed E-state index contributed by atoms with van der Waals surface area (Å²) in [7, 11) is 1.29. The summed E-state index contributed by atoms with van der Waals surface area (Å²) in [5, 5.41) is 23.6. The minimum absolute atomic E-state index is 0.180. The fraction of sp³-hybridized carbons (Fsp3) is 0.652. The molecule has 2 aliphatic carbocycles. The summed E-state index contributed by atoms with van der Waals surface area (Å²) < 4.78 is 26.8. The van der Waals surface area contributed by atoms with Gasteiger partial charge in [-0.15, -0.1) is 0 Å². The molecule has 0 aromatic carbocycles. The highest BCUT2D eigenvalue weighted by atomic mass is 19.3. The van der Waals surface area contributed by atoms with Crippen LogP contribution in [0, 0.1) is 11.3 Å². The van der Waals surface area contributed by atoms with Crippen LogP contribution in [-0.4, -0.2) is 92.7 Å². The SMILES string of the molecule is CN(C(=O)[C@H](O)CNC(=O)[C@H]1CCN(c2ncnc3[nH]ccc23)CC12CC2)C1(CO)CC(F)(F)C1. The number of carbonyl (C=O) groups is 2. The van der Waals surface area contributed by atoms with Crippen molar-refractivity contribution in [3.8, 4) is 0 Å². The zero-order valence-electron chi connectivity index (χ0n) is 19.5. The molecule has 5 rings (SSSR count). The van der Waals surface area contributed by atoms with E-state index in [-0.39, 0.29) is 23.8 Å². The number of nitrogens with one attached hydrogen (secondary N) is 2. The largest absolute Gasteiger partial charge is 0.394 e. The van der Waals surface area contributed by atoms with Crippen LogP contribution in [0.2, 0.25) is 0 Å². The molecule has 1 spiro atoms. The first kappa shape index (κ1) is 23.9. The highest BCUT2D eigenvalue weighted by Gasteiger charge is 2.60. The zero-order valence-corrected chi connectivity index (χ0v) is 19.5. The van der Waals surface area contributed by atoms with E-state index >= 15 is 0 Å². The van der Waals surface area contributed by atoms with Crippen molar-refractivity contribution in [2.45, 2.75) is 49.7 Å². The summed E-state index contributed by atoms with van der Waals surface area (Å²) in [6, 6.07) is 1.93. The van der Waals surface area contributed by atoms with Gasteiger partial charge in [0.05, 0.1) is 24.1 Å². The Bertz CT molecular complexity index is 1130. The average molecular weight is 493 g/mol. The molecule has 2 aromatic heterocycles. The smallest absolute Gasteiger partial charge is 0.253 e. The van der Waals surface area contributed by atoms with Crippen LogP contribution in [0.4, 0.5) is 14.6 Å². The van der Waals surface area contributed by atoms with Gasteiger partial charge in [0.15, 0.2) is 0 Å². The quantitative estimate of drug-likeness (QED) is 0.446. The van der Waals surface area contributed by atoms with Gasteiger partial charge >= 0.3 is 0 Å². The second-order valence-corrected chi connectivity index (χ2v) is 10.3. The van der Waals surface area contributed by atoms with Crippen LogP contribution >= 0.6 is 0 Å². The number of fused-ring (bicyclic) bond motifs is 1. The summed E-state index contributed by atoms with van der Waals surface area (Å²) in [6.07, 6.45) is 2.86. The van der Waals surface area contributed by atoms with Crippen molar-refractivity contribution in [1.82, 2.24) is 25.2 Å². The Morgan fingerprint density at radius 2 is 2.09 bits per heavy atom. The number of halogens is 2. The molecule has 12 heteroatoms. The van der Waals surface area contributed by atoms with Gasteiger partial charge in [-0.25, -0.2) is 18.7 Å². The minimum atomic E-state index is -2.94. The topological polar surface area (TPSA) is 135 Å². The Balaban J connectivity index is 1.18. The van der Waals surface area contributed by atoms with E-state index in [1.54, 1.807) is 0 Å². The number of aliphatic hydroxyl groups excluding tert-OH is 2. The Morgan fingerprint density at radius 3 is 2.74 bits per heavy atom. The number of aromatic amines is 1. The summed E-state index contributed by atoms with van der Waals surface area (Å²) in [5.41, 5.74) is -0.806. The molecule has 2 amide bonds. The standard InChI is InChI=1S/C23H30F2N6O4/c1-30(22(12-32)9-23(24,25)10-22)20(35)16(33)8-27-19(34)15-3-7-31(11-21(15)4-5-21)18-14-2-6-26-17(14)28-13-29-18/h2,6,13,15-16,32-33H,3-5,7-12H2,1H3,(H,27,34)(H,26,28,29)/t15-,16-/m1/s1. The third kappa shape index (κ3) is 4.12. The zero-order chi connectivity index (χ0) is 25.0. The van der Waals surface area contributed by atoms with E-state index in [1.165, 1.54) is 13.4 Å². The lowest BCUT2D eigenvalue weighted by atomic mass is 9.72. The molecular formula is C23H30F2N6O4. The van der Waals surface area contributed by atoms with Gasteiger partial charge in [-0.3, -0.25) is 9.59 Å². The fourth-order valence-corrected chi connectivity index (χ4v) is 5.76. The highest BCUT2D eigenvalue weighted by molar-refractivity contribution is 5.88. The fourth-order valence-electron chi connectivity index (χ4n) is 5.76. The first-order valence-electron chi connectivity index (χ1n) is 11.8. The molecule has 190 valence electrons. The second kappa shape index (κ2) is 8.37. The average Bonchev–Trinajstić information content (AvgIpc) is 3.40. The van der Waals surface area contributed by atoms with Gasteiger partial charge in [-0.05, 0) is 30.7 Å². The predicted octanol–water partition coefficient (Wildman–Crippen LogP) is 0.660. The van der Waals surface area contributed by atoms with Gasteiger partial charge < -0.3 is 30.3 Å². The molecule has 1 saturated heterocycles. The molecule has 35 heavy (non-hydrogen) atoms. The van der Waals surface area contributed by atoms with Gasteiger partial charge in [-0.1, -0.05) is 0 Å². The van der Waals surface area contributed by atoms with Gasteiger partial charge in [-0.2, -0.15) is 0 Å². The number of aliphatic hydroxyl groups is 2. The molecule has 0 unspecified atom stereocenters. The summed E-state index contributed by atoms with van der Waals surface area (Å²) in [5.74, 6) is -3.38. The van der Waals surface area contributed by atoms with E-state index in [4.69, 9.17) is 0 Å². The van der Waals surface area contributed by atoms with Crippen LogP contribution in [-0.2, 0) is 9.59 Å². The first-order chi connectivity index (χ1) is 16.6. The van der Waals surface area contributed by atoms with Crippen LogP contribution in [0.1, 0.15) is 32.1 Å². The van der Waals surface area contributed by atoms with Gasteiger partial charge in [0.1, 0.15) is 23.9 Å². The molecule has 2 atom stereocenters. The number of hydrogen-bond acceptors (Lipinski definition) is 7. The molecule has 1 aliphatic heterocycles. The van der Waals surface area contributed by atoms with Crippen molar-refractivity contribution in [2.75, 3.05) is 38.2 Å². The number of H-pyrrole nitrogens is 1. The highest BCUT2D eigenvalue weighted by Crippen LogP contribution is 2.56. The molecule has 0 radical (unpaired) electrons. The molecule has 3 heterocycles. The lowest BCUT2D eigenvalue weighted by Gasteiger charge is -2.51. The molecular weight excluding hydrogens is 462 g/mol.